The van der Waals surface area contributed by atoms with Gasteiger partial charge in [-0.1, -0.05) is 12.8 Å². The summed E-state index contributed by atoms with van der Waals surface area (Å²) >= 11 is 0. The fourth-order valence-electron chi connectivity index (χ4n) is 3.69. The van der Waals surface area contributed by atoms with Gasteiger partial charge in [-0.3, -0.25) is 18.7 Å². The molecule has 8 nitrogen and oxygen atoms in total. The van der Waals surface area contributed by atoms with E-state index in [1.165, 1.54) is 23.0 Å². The highest BCUT2D eigenvalue weighted by Gasteiger charge is 2.17. The molecule has 2 aromatic rings. The van der Waals surface area contributed by atoms with Crippen LogP contribution in [-0.2, 0) is 13.1 Å². The number of imidazole rings is 2. The molecule has 0 bridgehead atoms. The molecular formula is C20H30N4O4. The lowest BCUT2D eigenvalue weighted by molar-refractivity contribution is 0.0920. The third-order valence-corrected chi connectivity index (χ3v) is 5.52. The molecule has 0 fully saturated rings. The smallest absolute Gasteiger partial charge is 0.296 e. The molecule has 8 heteroatoms. The van der Waals surface area contributed by atoms with Crippen molar-refractivity contribution in [1.82, 2.24) is 18.3 Å². The summed E-state index contributed by atoms with van der Waals surface area (Å²) in [4.78, 5) is 48.0. The topological polar surface area (TPSA) is 88.0 Å². The average molecular weight is 390 g/mol. The van der Waals surface area contributed by atoms with Crippen LogP contribution in [0.25, 0.3) is 0 Å². The van der Waals surface area contributed by atoms with Gasteiger partial charge < -0.3 is 0 Å². The molecule has 0 aromatic carbocycles. The molecule has 0 aliphatic heterocycles. The summed E-state index contributed by atoms with van der Waals surface area (Å²) in [6.45, 7) is 11.2. The summed E-state index contributed by atoms with van der Waals surface area (Å²) in [7, 11) is 0. The van der Waals surface area contributed by atoms with Crippen LogP contribution in [0.4, 0.5) is 0 Å². The molecule has 0 N–H and O–H groups in total. The minimum Gasteiger partial charge on any atom is -0.296 e. The van der Waals surface area contributed by atoms with Crippen molar-refractivity contribution in [2.24, 2.45) is 0 Å². The van der Waals surface area contributed by atoms with Crippen molar-refractivity contribution in [2.75, 3.05) is 0 Å². The second-order valence-corrected chi connectivity index (χ2v) is 7.33. The number of unbranched alkanes of at least 4 members (excludes halogenated alkanes) is 3. The SMILES string of the molecule is CC(=O)n1c(C)c(C)n(CCCCCCn2c(C)c(C)n(C(C)=O)c2=O)c1=O. The number of carbonyl (C=O) groups excluding carboxylic acids is 2. The number of nitrogens with zero attached hydrogens (tertiary/aromatic N) is 4. The van der Waals surface area contributed by atoms with E-state index in [1.54, 1.807) is 23.0 Å². The molecule has 0 saturated carbocycles. The molecule has 2 heterocycles. The lowest BCUT2D eigenvalue weighted by Gasteiger charge is -2.06. The predicted molar refractivity (Wildman–Crippen MR) is 107 cm³/mol. The lowest BCUT2D eigenvalue weighted by atomic mass is 10.2. The number of hydrogen-bond acceptors (Lipinski definition) is 4. The third kappa shape index (κ3) is 3.95. The Morgan fingerprint density at radius 1 is 0.607 bits per heavy atom. The van der Waals surface area contributed by atoms with Gasteiger partial charge in [-0.05, 0) is 40.5 Å². The van der Waals surface area contributed by atoms with Gasteiger partial charge in [0.25, 0.3) is 0 Å². The monoisotopic (exact) mass is 390 g/mol. The summed E-state index contributed by atoms with van der Waals surface area (Å²) < 4.78 is 5.74. The molecule has 0 aliphatic rings. The van der Waals surface area contributed by atoms with Crippen LogP contribution in [0, 0.1) is 27.7 Å². The minimum atomic E-state index is -0.272. The van der Waals surface area contributed by atoms with Gasteiger partial charge in [-0.25, -0.2) is 18.7 Å². The van der Waals surface area contributed by atoms with Crippen molar-refractivity contribution in [3.05, 3.63) is 43.7 Å². The van der Waals surface area contributed by atoms with Gasteiger partial charge in [0.1, 0.15) is 0 Å². The van der Waals surface area contributed by atoms with E-state index in [9.17, 15) is 19.2 Å². The van der Waals surface area contributed by atoms with Crippen LogP contribution in [0.1, 0.15) is 71.9 Å². The van der Waals surface area contributed by atoms with E-state index in [2.05, 4.69) is 0 Å². The summed E-state index contributed by atoms with van der Waals surface area (Å²) in [5.41, 5.74) is 2.48. The molecule has 154 valence electrons. The predicted octanol–water partition coefficient (Wildman–Crippen LogP) is 2.43. The second kappa shape index (κ2) is 8.58. The fraction of sp³-hybridized carbons (Fsp3) is 0.600. The van der Waals surface area contributed by atoms with Crippen LogP contribution in [0.2, 0.25) is 0 Å². The van der Waals surface area contributed by atoms with Crippen molar-refractivity contribution < 1.29 is 9.59 Å². The first kappa shape index (κ1) is 21.7. The Kier molecular flexibility index (Phi) is 6.64. The molecule has 2 rings (SSSR count). The van der Waals surface area contributed by atoms with Gasteiger partial charge in [0.2, 0.25) is 11.8 Å². The third-order valence-electron chi connectivity index (χ3n) is 5.52. The highest BCUT2D eigenvalue weighted by molar-refractivity contribution is 5.77. The zero-order valence-electron chi connectivity index (χ0n) is 17.7. The van der Waals surface area contributed by atoms with E-state index in [0.29, 0.717) is 24.5 Å². The van der Waals surface area contributed by atoms with E-state index in [-0.39, 0.29) is 23.2 Å². The van der Waals surface area contributed by atoms with E-state index >= 15 is 0 Å². The number of hydrogen-bond donors (Lipinski definition) is 0. The van der Waals surface area contributed by atoms with Crippen molar-refractivity contribution in [3.63, 3.8) is 0 Å². The molecule has 0 amide bonds. The van der Waals surface area contributed by atoms with Crippen LogP contribution < -0.4 is 11.4 Å². The Labute approximate surface area is 164 Å². The zero-order chi connectivity index (χ0) is 21.2. The Bertz CT molecular complexity index is 934. The molecule has 0 aliphatic carbocycles. The number of rotatable bonds is 7. The molecule has 0 saturated heterocycles. The van der Waals surface area contributed by atoms with Gasteiger partial charge in [0, 0.05) is 49.7 Å². The molecule has 28 heavy (non-hydrogen) atoms. The number of aromatic nitrogens is 4. The highest BCUT2D eigenvalue weighted by atomic mass is 16.2. The fourth-order valence-corrected chi connectivity index (χ4v) is 3.69. The van der Waals surface area contributed by atoms with Crippen LogP contribution in [0.5, 0.6) is 0 Å². The van der Waals surface area contributed by atoms with Gasteiger partial charge in [-0.2, -0.15) is 0 Å². The van der Waals surface area contributed by atoms with Gasteiger partial charge in [-0.15, -0.1) is 0 Å². The molecule has 0 unspecified atom stereocenters. The largest absolute Gasteiger partial charge is 0.335 e. The Hall–Kier alpha value is -2.64. The summed E-state index contributed by atoms with van der Waals surface area (Å²) in [5.74, 6) is -0.532. The standard InChI is InChI=1S/C20H30N4O4/c1-13-15(3)23(17(5)25)19(27)21(13)11-9-7-8-10-12-22-14(2)16(4)24(18(6)26)20(22)28/h7-12H2,1-6H3. The van der Waals surface area contributed by atoms with E-state index in [0.717, 1.165) is 37.1 Å². The average Bonchev–Trinajstić information content (AvgIpc) is 2.95. The Balaban J connectivity index is 1.91. The first-order valence-electron chi connectivity index (χ1n) is 9.69. The van der Waals surface area contributed by atoms with Crippen molar-refractivity contribution >= 4 is 11.8 Å². The van der Waals surface area contributed by atoms with Crippen molar-refractivity contribution in [2.45, 2.75) is 80.3 Å². The highest BCUT2D eigenvalue weighted by Crippen LogP contribution is 2.10. The van der Waals surface area contributed by atoms with Gasteiger partial charge >= 0.3 is 11.4 Å². The van der Waals surface area contributed by atoms with E-state index in [4.69, 9.17) is 0 Å². The van der Waals surface area contributed by atoms with Crippen LogP contribution in [0.15, 0.2) is 9.59 Å². The van der Waals surface area contributed by atoms with Crippen molar-refractivity contribution in [3.8, 4) is 0 Å². The Morgan fingerprint density at radius 3 is 1.18 bits per heavy atom. The zero-order valence-corrected chi connectivity index (χ0v) is 17.7. The lowest BCUT2D eigenvalue weighted by Crippen LogP contribution is -2.28. The second-order valence-electron chi connectivity index (χ2n) is 7.33. The van der Waals surface area contributed by atoms with Crippen molar-refractivity contribution in [1.29, 1.82) is 0 Å². The summed E-state index contributed by atoms with van der Waals surface area (Å²) in [6.07, 6.45) is 3.47. The first-order chi connectivity index (χ1) is 13.1. The van der Waals surface area contributed by atoms with E-state index in [1.807, 2.05) is 13.8 Å². The molecule has 0 radical (unpaired) electrons. The molecule has 2 aromatic heterocycles. The molecule has 0 atom stereocenters. The van der Waals surface area contributed by atoms with Crippen LogP contribution in [0.3, 0.4) is 0 Å². The van der Waals surface area contributed by atoms with Crippen LogP contribution >= 0.6 is 0 Å². The Morgan fingerprint density at radius 2 is 0.929 bits per heavy atom. The maximum Gasteiger partial charge on any atom is 0.335 e. The first-order valence-corrected chi connectivity index (χ1v) is 9.69. The number of carbonyl (C=O) groups is 2. The molecular weight excluding hydrogens is 360 g/mol. The normalized spacial score (nSPS) is 11.2. The van der Waals surface area contributed by atoms with Crippen LogP contribution in [-0.4, -0.2) is 30.1 Å². The molecule has 0 spiro atoms. The summed E-state index contributed by atoms with van der Waals surface area (Å²) in [5, 5.41) is 0. The van der Waals surface area contributed by atoms with E-state index < -0.39 is 0 Å². The maximum atomic E-state index is 12.4. The van der Waals surface area contributed by atoms with Gasteiger partial charge in [0.05, 0.1) is 0 Å². The van der Waals surface area contributed by atoms with Gasteiger partial charge in [0.15, 0.2) is 0 Å². The minimum absolute atomic E-state index is 0.266. The maximum absolute atomic E-state index is 12.4. The summed E-state index contributed by atoms with van der Waals surface area (Å²) in [6, 6.07) is 0. The quantitative estimate of drug-likeness (QED) is 0.679.